The summed E-state index contributed by atoms with van der Waals surface area (Å²) in [6.07, 6.45) is 6.71. The third-order valence-electron chi connectivity index (χ3n) is 6.08. The lowest BCUT2D eigenvalue weighted by molar-refractivity contribution is -0.118. The van der Waals surface area contributed by atoms with Gasteiger partial charge in [-0.1, -0.05) is 6.07 Å². The van der Waals surface area contributed by atoms with Crippen LogP contribution in [0.15, 0.2) is 60.8 Å². The Bertz CT molecular complexity index is 1260. The monoisotopic (exact) mass is 492 g/mol. The molecule has 11 heteroatoms. The Kier molecular flexibility index (Phi) is 6.99. The van der Waals surface area contributed by atoms with Crippen molar-refractivity contribution >= 4 is 28.3 Å². The van der Waals surface area contributed by atoms with Crippen LogP contribution in [-0.4, -0.2) is 58.6 Å². The molecule has 0 saturated carbocycles. The second-order valence-corrected chi connectivity index (χ2v) is 8.79. The van der Waals surface area contributed by atoms with Crippen LogP contribution in [0.4, 0.5) is 15.9 Å². The molecular formula is C25H29FN8O2. The Hall–Kier alpha value is -4.12. The molecule has 2 aliphatic heterocycles. The van der Waals surface area contributed by atoms with Crippen LogP contribution in [0, 0.1) is 5.82 Å². The molecule has 0 unspecified atom stereocenters. The number of nitrogens with one attached hydrogen (secondary N) is 2. The number of hydrazine groups is 2. The summed E-state index contributed by atoms with van der Waals surface area (Å²) in [6.45, 7) is 3.99. The molecule has 0 radical (unpaired) electrons. The maximum atomic E-state index is 13.8. The van der Waals surface area contributed by atoms with E-state index in [0.29, 0.717) is 23.9 Å². The molecule has 188 valence electrons. The minimum Gasteiger partial charge on any atom is -0.493 e. The summed E-state index contributed by atoms with van der Waals surface area (Å²) < 4.78 is 19.8. The van der Waals surface area contributed by atoms with Crippen molar-refractivity contribution in [3.63, 3.8) is 0 Å². The minimum absolute atomic E-state index is 0.0995. The fraction of sp³-hybridized carbons (Fsp3) is 0.320. The van der Waals surface area contributed by atoms with Crippen LogP contribution in [0.2, 0.25) is 0 Å². The van der Waals surface area contributed by atoms with Gasteiger partial charge in [-0.05, 0) is 56.6 Å². The Morgan fingerprint density at radius 3 is 2.83 bits per heavy atom. The zero-order chi connectivity index (χ0) is 24.9. The summed E-state index contributed by atoms with van der Waals surface area (Å²) in [6, 6.07) is 11.7. The summed E-state index contributed by atoms with van der Waals surface area (Å²) in [5.41, 5.74) is 9.77. The van der Waals surface area contributed by atoms with E-state index in [2.05, 4.69) is 25.6 Å². The molecule has 0 spiro atoms. The van der Waals surface area contributed by atoms with Gasteiger partial charge in [-0.3, -0.25) is 15.2 Å². The van der Waals surface area contributed by atoms with Crippen molar-refractivity contribution in [2.45, 2.75) is 19.3 Å². The maximum Gasteiger partial charge on any atom is 0.239 e. The fourth-order valence-electron chi connectivity index (χ4n) is 4.41. The number of halogens is 1. The number of fused-ring (bicyclic) bond motifs is 1. The predicted octanol–water partition coefficient (Wildman–Crippen LogP) is 2.57. The lowest BCUT2D eigenvalue weighted by Crippen LogP contribution is -2.46. The maximum absolute atomic E-state index is 13.8. The number of carbonyl (C=O) groups is 1. The van der Waals surface area contributed by atoms with E-state index in [-0.39, 0.29) is 6.54 Å². The first-order valence-corrected chi connectivity index (χ1v) is 12.0. The number of aromatic nitrogens is 2. The number of carbonyl (C=O) groups excluding carboxylic acids is 1. The highest BCUT2D eigenvalue weighted by Crippen LogP contribution is 2.27. The molecule has 3 heterocycles. The van der Waals surface area contributed by atoms with Crippen molar-refractivity contribution in [3.05, 3.63) is 66.6 Å². The average molecular weight is 493 g/mol. The van der Waals surface area contributed by atoms with Crippen LogP contribution in [0.25, 0.3) is 10.9 Å². The largest absolute Gasteiger partial charge is 0.493 e. The van der Waals surface area contributed by atoms with Gasteiger partial charge >= 0.3 is 0 Å². The molecule has 1 fully saturated rings. The van der Waals surface area contributed by atoms with Crippen LogP contribution in [0.1, 0.15) is 19.3 Å². The number of rotatable bonds is 10. The molecule has 10 nitrogen and oxygen atoms in total. The molecule has 36 heavy (non-hydrogen) atoms. The molecule has 1 aromatic heterocycles. The lowest BCUT2D eigenvalue weighted by Gasteiger charge is -2.29. The number of likely N-dealkylation sites (tertiary alicyclic amines) is 1. The number of hydrogen-bond donors (Lipinski definition) is 3. The SMILES string of the molecule is NC(=O)CN1C=C(Nc2ncnc3cc(OCCCN4CCCC4)ccc23)NN1c1cccc(F)c1. The van der Waals surface area contributed by atoms with Gasteiger partial charge in [0.05, 0.1) is 24.0 Å². The average Bonchev–Trinajstić information content (AvgIpc) is 3.51. The van der Waals surface area contributed by atoms with Crippen molar-refractivity contribution in [1.82, 2.24) is 25.3 Å². The molecule has 1 saturated heterocycles. The van der Waals surface area contributed by atoms with Crippen molar-refractivity contribution in [2.75, 3.05) is 43.2 Å². The Balaban J connectivity index is 1.27. The van der Waals surface area contributed by atoms with Gasteiger partial charge in [0.2, 0.25) is 5.91 Å². The molecule has 2 aromatic carbocycles. The Labute approximate surface area is 208 Å². The van der Waals surface area contributed by atoms with Gasteiger partial charge in [-0.15, -0.1) is 0 Å². The highest BCUT2D eigenvalue weighted by molar-refractivity contribution is 5.90. The fourth-order valence-corrected chi connectivity index (χ4v) is 4.41. The van der Waals surface area contributed by atoms with Crippen molar-refractivity contribution in [3.8, 4) is 5.75 Å². The number of amides is 1. The molecule has 0 bridgehead atoms. The second kappa shape index (κ2) is 10.6. The molecule has 4 N–H and O–H groups in total. The van der Waals surface area contributed by atoms with Gasteiger partial charge in [0.25, 0.3) is 0 Å². The van der Waals surface area contributed by atoms with Crippen LogP contribution >= 0.6 is 0 Å². The summed E-state index contributed by atoms with van der Waals surface area (Å²) in [7, 11) is 0. The minimum atomic E-state index is -0.531. The summed E-state index contributed by atoms with van der Waals surface area (Å²) in [5, 5.41) is 7.12. The van der Waals surface area contributed by atoms with Crippen molar-refractivity contribution in [2.24, 2.45) is 5.73 Å². The van der Waals surface area contributed by atoms with Crippen LogP contribution in [0.3, 0.4) is 0 Å². The lowest BCUT2D eigenvalue weighted by atomic mass is 10.2. The first-order valence-electron chi connectivity index (χ1n) is 12.0. The topological polar surface area (TPSA) is 112 Å². The van der Waals surface area contributed by atoms with Crippen LogP contribution in [0.5, 0.6) is 5.75 Å². The van der Waals surface area contributed by atoms with E-state index >= 15 is 0 Å². The van der Waals surface area contributed by atoms with E-state index in [9.17, 15) is 9.18 Å². The number of ether oxygens (including phenoxy) is 1. The number of nitrogens with zero attached hydrogens (tertiary/aromatic N) is 5. The van der Waals surface area contributed by atoms with Gasteiger partial charge in [0.15, 0.2) is 0 Å². The molecule has 5 rings (SSSR count). The van der Waals surface area contributed by atoms with Gasteiger partial charge in [0, 0.05) is 24.1 Å². The van der Waals surface area contributed by atoms with Gasteiger partial charge in [-0.2, -0.15) is 5.12 Å². The normalized spacial score (nSPS) is 15.8. The molecular weight excluding hydrogens is 463 g/mol. The smallest absolute Gasteiger partial charge is 0.239 e. The summed E-state index contributed by atoms with van der Waals surface area (Å²) in [4.78, 5) is 22.8. The highest BCUT2D eigenvalue weighted by Gasteiger charge is 2.24. The molecule has 3 aromatic rings. The second-order valence-electron chi connectivity index (χ2n) is 8.79. The van der Waals surface area contributed by atoms with E-state index in [4.69, 9.17) is 10.5 Å². The number of nitrogens with two attached hydrogens (primary N) is 1. The van der Waals surface area contributed by atoms with Crippen molar-refractivity contribution < 1.29 is 13.9 Å². The third kappa shape index (κ3) is 5.57. The third-order valence-corrected chi connectivity index (χ3v) is 6.08. The zero-order valence-corrected chi connectivity index (χ0v) is 19.9. The van der Waals surface area contributed by atoms with Gasteiger partial charge < -0.3 is 20.7 Å². The van der Waals surface area contributed by atoms with E-state index in [1.165, 1.54) is 49.5 Å². The predicted molar refractivity (Wildman–Crippen MR) is 135 cm³/mol. The van der Waals surface area contributed by atoms with E-state index in [1.54, 1.807) is 23.3 Å². The van der Waals surface area contributed by atoms with E-state index in [0.717, 1.165) is 29.6 Å². The molecule has 1 amide bonds. The van der Waals surface area contributed by atoms with E-state index < -0.39 is 11.7 Å². The number of anilines is 2. The number of benzene rings is 2. The van der Waals surface area contributed by atoms with Crippen LogP contribution < -0.4 is 26.3 Å². The first kappa shape index (κ1) is 23.6. The Morgan fingerprint density at radius 1 is 1.17 bits per heavy atom. The van der Waals surface area contributed by atoms with Gasteiger partial charge in [0.1, 0.15) is 36.1 Å². The number of hydrogen-bond acceptors (Lipinski definition) is 9. The van der Waals surface area contributed by atoms with E-state index in [1.807, 2.05) is 18.2 Å². The van der Waals surface area contributed by atoms with Crippen LogP contribution in [-0.2, 0) is 4.79 Å². The molecule has 0 aliphatic carbocycles. The number of primary amides is 1. The molecule has 0 atom stereocenters. The van der Waals surface area contributed by atoms with Crippen molar-refractivity contribution in [1.29, 1.82) is 0 Å². The van der Waals surface area contributed by atoms with Gasteiger partial charge in [-0.25, -0.2) is 14.4 Å². The quantitative estimate of drug-likeness (QED) is 0.368. The summed E-state index contributed by atoms with van der Waals surface area (Å²) in [5.74, 6) is 0.931. The zero-order valence-electron chi connectivity index (χ0n) is 19.9. The summed E-state index contributed by atoms with van der Waals surface area (Å²) >= 11 is 0. The Morgan fingerprint density at radius 2 is 2.03 bits per heavy atom. The highest BCUT2D eigenvalue weighted by atomic mass is 19.1. The standard InChI is InChI=1S/C25H29FN8O2/c26-18-5-3-6-19(13-18)34-31-24(16-33(34)15-23(27)35)30-25-21-8-7-20(14-22(21)28-17-29-25)36-12-4-11-32-9-1-2-10-32/h3,5-8,13-14,16-17,31H,1-2,4,9-12,15H2,(H2,27,35)(H,28,29,30). The molecule has 2 aliphatic rings. The first-order chi connectivity index (χ1) is 17.5.